The van der Waals surface area contributed by atoms with Gasteiger partial charge in [-0.2, -0.15) is 0 Å². The SMILES string of the molecule is N[C@H]1CCCC[C@@H]1Nc1cnc2ccccc2n1. The second kappa shape index (κ2) is 4.90. The average molecular weight is 242 g/mol. The van der Waals surface area contributed by atoms with Crippen LogP contribution in [0.1, 0.15) is 25.7 Å². The summed E-state index contributed by atoms with van der Waals surface area (Å²) in [5.74, 6) is 0.830. The number of nitrogens with one attached hydrogen (secondary N) is 1. The van der Waals surface area contributed by atoms with Crippen molar-refractivity contribution in [2.45, 2.75) is 37.8 Å². The molecule has 2 atom stereocenters. The van der Waals surface area contributed by atoms with Crippen molar-refractivity contribution >= 4 is 16.9 Å². The molecule has 0 spiro atoms. The van der Waals surface area contributed by atoms with Crippen LogP contribution >= 0.6 is 0 Å². The van der Waals surface area contributed by atoms with Gasteiger partial charge in [-0.05, 0) is 25.0 Å². The van der Waals surface area contributed by atoms with Crippen molar-refractivity contribution in [3.05, 3.63) is 30.5 Å². The number of anilines is 1. The quantitative estimate of drug-likeness (QED) is 0.848. The third kappa shape index (κ3) is 2.29. The zero-order chi connectivity index (χ0) is 12.4. The topological polar surface area (TPSA) is 63.8 Å². The summed E-state index contributed by atoms with van der Waals surface area (Å²) in [5, 5.41) is 3.42. The van der Waals surface area contributed by atoms with Gasteiger partial charge >= 0.3 is 0 Å². The minimum Gasteiger partial charge on any atom is -0.364 e. The first-order chi connectivity index (χ1) is 8.83. The van der Waals surface area contributed by atoms with Crippen LogP contribution in [0.25, 0.3) is 11.0 Å². The highest BCUT2D eigenvalue weighted by Crippen LogP contribution is 2.20. The summed E-state index contributed by atoms with van der Waals surface area (Å²) < 4.78 is 0. The largest absolute Gasteiger partial charge is 0.364 e. The summed E-state index contributed by atoms with van der Waals surface area (Å²) in [6.45, 7) is 0. The Morgan fingerprint density at radius 3 is 2.72 bits per heavy atom. The highest BCUT2D eigenvalue weighted by Gasteiger charge is 2.21. The number of hydrogen-bond acceptors (Lipinski definition) is 4. The maximum absolute atomic E-state index is 6.13. The Morgan fingerprint density at radius 2 is 1.89 bits per heavy atom. The van der Waals surface area contributed by atoms with Crippen molar-refractivity contribution in [1.29, 1.82) is 0 Å². The van der Waals surface area contributed by atoms with Crippen LogP contribution in [-0.2, 0) is 0 Å². The van der Waals surface area contributed by atoms with E-state index in [9.17, 15) is 0 Å². The van der Waals surface area contributed by atoms with E-state index in [1.165, 1.54) is 12.8 Å². The molecule has 1 aliphatic rings. The molecule has 1 aromatic carbocycles. The van der Waals surface area contributed by atoms with Gasteiger partial charge in [0.15, 0.2) is 0 Å². The first-order valence-corrected chi connectivity index (χ1v) is 6.57. The van der Waals surface area contributed by atoms with Gasteiger partial charge in [0.1, 0.15) is 5.82 Å². The van der Waals surface area contributed by atoms with Crippen LogP contribution in [0.5, 0.6) is 0 Å². The molecule has 1 saturated carbocycles. The number of nitrogens with two attached hydrogens (primary N) is 1. The predicted molar refractivity (Wildman–Crippen MR) is 73.4 cm³/mol. The van der Waals surface area contributed by atoms with Crippen LogP contribution in [0.3, 0.4) is 0 Å². The van der Waals surface area contributed by atoms with Gasteiger partial charge in [0.2, 0.25) is 0 Å². The molecule has 1 heterocycles. The van der Waals surface area contributed by atoms with E-state index in [2.05, 4.69) is 15.3 Å². The van der Waals surface area contributed by atoms with Crippen molar-refractivity contribution in [3.8, 4) is 0 Å². The fraction of sp³-hybridized carbons (Fsp3) is 0.429. The maximum Gasteiger partial charge on any atom is 0.145 e. The molecule has 1 fully saturated rings. The van der Waals surface area contributed by atoms with E-state index in [4.69, 9.17) is 5.73 Å². The molecule has 0 bridgehead atoms. The summed E-state index contributed by atoms with van der Waals surface area (Å²) in [6, 6.07) is 8.46. The molecule has 1 aromatic heterocycles. The van der Waals surface area contributed by atoms with Crippen molar-refractivity contribution in [2.75, 3.05) is 5.32 Å². The lowest BCUT2D eigenvalue weighted by molar-refractivity contribution is 0.403. The summed E-state index contributed by atoms with van der Waals surface area (Å²) >= 11 is 0. The number of hydrogen-bond donors (Lipinski definition) is 2. The fourth-order valence-corrected chi connectivity index (χ4v) is 2.56. The van der Waals surface area contributed by atoms with Gasteiger partial charge in [-0.25, -0.2) is 4.98 Å². The standard InChI is InChI=1S/C14H18N4/c15-10-5-1-2-6-11(10)17-14-9-16-12-7-3-4-8-13(12)18-14/h3-4,7-11H,1-2,5-6,15H2,(H,17,18)/t10-,11-/m0/s1. The van der Waals surface area contributed by atoms with E-state index in [1.807, 2.05) is 24.3 Å². The van der Waals surface area contributed by atoms with E-state index in [1.54, 1.807) is 6.20 Å². The fourth-order valence-electron chi connectivity index (χ4n) is 2.56. The Morgan fingerprint density at radius 1 is 1.11 bits per heavy atom. The molecule has 3 rings (SSSR count). The molecule has 3 N–H and O–H groups in total. The average Bonchev–Trinajstić information content (AvgIpc) is 2.41. The monoisotopic (exact) mass is 242 g/mol. The zero-order valence-corrected chi connectivity index (χ0v) is 10.3. The summed E-state index contributed by atoms with van der Waals surface area (Å²) in [5.41, 5.74) is 7.98. The van der Waals surface area contributed by atoms with Gasteiger partial charge in [-0.15, -0.1) is 0 Å². The van der Waals surface area contributed by atoms with Gasteiger partial charge in [-0.3, -0.25) is 4.98 Å². The van der Waals surface area contributed by atoms with Crippen molar-refractivity contribution < 1.29 is 0 Å². The normalized spacial score (nSPS) is 24.1. The van der Waals surface area contributed by atoms with Crippen LogP contribution in [0.2, 0.25) is 0 Å². The Balaban J connectivity index is 1.81. The van der Waals surface area contributed by atoms with E-state index in [-0.39, 0.29) is 6.04 Å². The van der Waals surface area contributed by atoms with Crippen LogP contribution in [0, 0.1) is 0 Å². The third-order valence-electron chi connectivity index (χ3n) is 3.60. The van der Waals surface area contributed by atoms with Crippen LogP contribution < -0.4 is 11.1 Å². The second-order valence-corrected chi connectivity index (χ2v) is 4.94. The Kier molecular flexibility index (Phi) is 3.11. The van der Waals surface area contributed by atoms with Crippen LogP contribution in [0.4, 0.5) is 5.82 Å². The highest BCUT2D eigenvalue weighted by molar-refractivity contribution is 5.75. The molecule has 2 aromatic rings. The number of fused-ring (bicyclic) bond motifs is 1. The minimum atomic E-state index is 0.229. The first-order valence-electron chi connectivity index (χ1n) is 6.57. The highest BCUT2D eigenvalue weighted by atomic mass is 15.1. The summed E-state index contributed by atoms with van der Waals surface area (Å²) in [6.07, 6.45) is 6.49. The van der Waals surface area contributed by atoms with E-state index < -0.39 is 0 Å². The van der Waals surface area contributed by atoms with Crippen molar-refractivity contribution in [1.82, 2.24) is 9.97 Å². The lowest BCUT2D eigenvalue weighted by Gasteiger charge is -2.29. The Bertz CT molecular complexity index is 540. The van der Waals surface area contributed by atoms with Crippen molar-refractivity contribution in [3.63, 3.8) is 0 Å². The minimum absolute atomic E-state index is 0.229. The molecule has 94 valence electrons. The van der Waals surface area contributed by atoms with E-state index in [0.29, 0.717) is 6.04 Å². The lowest BCUT2D eigenvalue weighted by Crippen LogP contribution is -2.42. The smallest absolute Gasteiger partial charge is 0.145 e. The third-order valence-corrected chi connectivity index (χ3v) is 3.60. The zero-order valence-electron chi connectivity index (χ0n) is 10.3. The summed E-state index contributed by atoms with van der Waals surface area (Å²) in [7, 11) is 0. The molecule has 0 saturated heterocycles. The molecule has 0 amide bonds. The molecule has 0 unspecified atom stereocenters. The number of benzene rings is 1. The second-order valence-electron chi connectivity index (χ2n) is 4.94. The van der Waals surface area contributed by atoms with Gasteiger partial charge < -0.3 is 11.1 Å². The van der Waals surface area contributed by atoms with Crippen molar-refractivity contribution in [2.24, 2.45) is 5.73 Å². The van der Waals surface area contributed by atoms with Gasteiger partial charge in [0.25, 0.3) is 0 Å². The first kappa shape index (κ1) is 11.4. The molecule has 0 aliphatic heterocycles. The molecule has 1 aliphatic carbocycles. The Labute approximate surface area is 107 Å². The van der Waals surface area contributed by atoms with Gasteiger partial charge in [-0.1, -0.05) is 25.0 Å². The molecular formula is C14H18N4. The van der Waals surface area contributed by atoms with E-state index in [0.717, 1.165) is 29.7 Å². The van der Waals surface area contributed by atoms with Crippen LogP contribution in [0.15, 0.2) is 30.5 Å². The van der Waals surface area contributed by atoms with Gasteiger partial charge in [0.05, 0.1) is 17.2 Å². The molecule has 18 heavy (non-hydrogen) atoms. The summed E-state index contributed by atoms with van der Waals surface area (Å²) in [4.78, 5) is 8.98. The number of aromatic nitrogens is 2. The predicted octanol–water partition coefficient (Wildman–Crippen LogP) is 2.31. The maximum atomic E-state index is 6.13. The van der Waals surface area contributed by atoms with Gasteiger partial charge in [0, 0.05) is 12.1 Å². The molecule has 4 nitrogen and oxygen atoms in total. The van der Waals surface area contributed by atoms with Crippen LogP contribution in [-0.4, -0.2) is 22.1 Å². The van der Waals surface area contributed by atoms with E-state index >= 15 is 0 Å². The lowest BCUT2D eigenvalue weighted by atomic mass is 9.91. The number of rotatable bonds is 2. The molecular weight excluding hydrogens is 224 g/mol. The number of para-hydroxylation sites is 2. The molecule has 0 radical (unpaired) electrons. The number of nitrogens with zero attached hydrogens (tertiary/aromatic N) is 2. The molecule has 4 heteroatoms. The Hall–Kier alpha value is -1.68.